The zero-order chi connectivity index (χ0) is 12.9. The van der Waals surface area contributed by atoms with Gasteiger partial charge in [-0.25, -0.2) is 8.78 Å². The van der Waals surface area contributed by atoms with E-state index in [1.807, 2.05) is 13.0 Å². The Hall–Kier alpha value is -1.70. The van der Waals surface area contributed by atoms with Crippen molar-refractivity contribution >= 4 is 16.6 Å². The van der Waals surface area contributed by atoms with Gasteiger partial charge in [0.15, 0.2) is 0 Å². The second-order valence-electron chi connectivity index (χ2n) is 4.98. The Bertz CT molecular complexity index is 681. The first-order valence-corrected chi connectivity index (χ1v) is 6.16. The smallest absolute Gasteiger partial charge is 0.133 e. The van der Waals surface area contributed by atoms with Crippen molar-refractivity contribution in [3.05, 3.63) is 52.3 Å². The van der Waals surface area contributed by atoms with Gasteiger partial charge in [0.25, 0.3) is 0 Å². The van der Waals surface area contributed by atoms with Crippen molar-refractivity contribution in [2.75, 3.05) is 0 Å². The predicted molar refractivity (Wildman–Crippen MR) is 70.7 cm³/mol. The fraction of sp³-hybridized carbons (Fsp3) is 0.250. The van der Waals surface area contributed by atoms with Crippen molar-refractivity contribution in [3.63, 3.8) is 0 Å². The van der Waals surface area contributed by atoms with Crippen LogP contribution in [0.5, 0.6) is 0 Å². The fourth-order valence-electron chi connectivity index (χ4n) is 2.67. The second-order valence-corrected chi connectivity index (χ2v) is 4.98. The van der Waals surface area contributed by atoms with Crippen molar-refractivity contribution in [1.29, 1.82) is 0 Å². The number of halogens is 2. The summed E-state index contributed by atoms with van der Waals surface area (Å²) in [5, 5.41) is 1.44. The van der Waals surface area contributed by atoms with Crippen LogP contribution in [0.15, 0.2) is 29.8 Å². The molecule has 0 saturated heterocycles. The maximum Gasteiger partial charge on any atom is 0.133 e. The molecule has 0 aromatic heterocycles. The minimum Gasteiger partial charge on any atom is -0.206 e. The van der Waals surface area contributed by atoms with Gasteiger partial charge in [0.2, 0.25) is 0 Å². The zero-order valence-electron chi connectivity index (χ0n) is 10.5. The van der Waals surface area contributed by atoms with E-state index in [0.29, 0.717) is 22.9 Å². The average Bonchev–Trinajstić information content (AvgIpc) is 2.38. The van der Waals surface area contributed by atoms with Crippen LogP contribution in [0.1, 0.15) is 30.0 Å². The lowest BCUT2D eigenvalue weighted by Gasteiger charge is -2.19. The molecule has 1 aliphatic rings. The maximum absolute atomic E-state index is 14.1. The number of allylic oxidation sites excluding steroid dienone is 1. The molecule has 0 atom stereocenters. The molecule has 92 valence electrons. The lowest BCUT2D eigenvalue weighted by atomic mass is 9.87. The molecule has 3 rings (SSSR count). The van der Waals surface area contributed by atoms with Gasteiger partial charge in [-0.05, 0) is 48.8 Å². The Morgan fingerprint density at radius 2 is 1.61 bits per heavy atom. The molecule has 0 amide bonds. The van der Waals surface area contributed by atoms with Crippen LogP contribution >= 0.6 is 0 Å². The van der Waals surface area contributed by atoms with E-state index in [-0.39, 0.29) is 11.6 Å². The zero-order valence-corrected chi connectivity index (χ0v) is 10.5. The first-order chi connectivity index (χ1) is 8.59. The lowest BCUT2D eigenvalue weighted by Crippen LogP contribution is -2.03. The summed E-state index contributed by atoms with van der Waals surface area (Å²) in [6.07, 6.45) is 1.50. The topological polar surface area (TPSA) is 0 Å². The summed E-state index contributed by atoms with van der Waals surface area (Å²) >= 11 is 0. The molecular formula is C16H14F2. The molecule has 0 fully saturated rings. The molecule has 0 unspecified atom stereocenters. The van der Waals surface area contributed by atoms with Gasteiger partial charge in [-0.1, -0.05) is 24.3 Å². The van der Waals surface area contributed by atoms with E-state index in [2.05, 4.69) is 0 Å². The van der Waals surface area contributed by atoms with Crippen LogP contribution in [0.4, 0.5) is 8.78 Å². The number of rotatable bonds is 0. The monoisotopic (exact) mass is 244 g/mol. The van der Waals surface area contributed by atoms with E-state index in [9.17, 15) is 8.78 Å². The summed E-state index contributed by atoms with van der Waals surface area (Å²) < 4.78 is 28.1. The molecule has 2 aromatic carbocycles. The Morgan fingerprint density at radius 1 is 0.889 bits per heavy atom. The van der Waals surface area contributed by atoms with E-state index in [4.69, 9.17) is 0 Å². The maximum atomic E-state index is 14.1. The number of fused-ring (bicyclic) bond motifs is 3. The van der Waals surface area contributed by atoms with E-state index < -0.39 is 0 Å². The number of hydrogen-bond donors (Lipinski definition) is 0. The Morgan fingerprint density at radius 3 is 2.39 bits per heavy atom. The van der Waals surface area contributed by atoms with Crippen LogP contribution in [-0.2, 0) is 6.42 Å². The first-order valence-electron chi connectivity index (χ1n) is 6.16. The molecule has 18 heavy (non-hydrogen) atoms. The first kappa shape index (κ1) is 11.4. The molecule has 0 radical (unpaired) electrons. The SMILES string of the molecule is CC1=C(F)c2ccc3c(F)c(C)ccc3c2CC1. The Balaban J connectivity index is 2.39. The number of aryl methyl sites for hydroxylation is 2. The van der Waals surface area contributed by atoms with Crippen LogP contribution in [0.3, 0.4) is 0 Å². The normalized spacial score (nSPS) is 15.1. The van der Waals surface area contributed by atoms with Crippen LogP contribution in [0.2, 0.25) is 0 Å². The molecule has 2 heteroatoms. The molecule has 0 heterocycles. The van der Waals surface area contributed by atoms with Gasteiger partial charge in [-0.2, -0.15) is 0 Å². The molecule has 0 aliphatic heterocycles. The molecule has 0 spiro atoms. The standard InChI is InChI=1S/C16H14F2/c1-9-3-5-11-12-6-4-10(2)16(18)14(12)8-7-13(11)15(9)17/h3,5,7-8H,4,6H2,1-2H3. The Labute approximate surface area is 105 Å². The highest BCUT2D eigenvalue weighted by Crippen LogP contribution is 2.37. The van der Waals surface area contributed by atoms with Crippen LogP contribution < -0.4 is 0 Å². The number of hydrogen-bond acceptors (Lipinski definition) is 0. The summed E-state index contributed by atoms with van der Waals surface area (Å²) in [6.45, 7) is 3.57. The molecule has 2 aromatic rings. The van der Waals surface area contributed by atoms with Gasteiger partial charge in [0.1, 0.15) is 11.6 Å². The minimum absolute atomic E-state index is 0.140. The second kappa shape index (κ2) is 3.91. The summed E-state index contributed by atoms with van der Waals surface area (Å²) in [6, 6.07) is 7.06. The highest BCUT2D eigenvalue weighted by atomic mass is 19.1. The summed E-state index contributed by atoms with van der Waals surface area (Å²) in [5.74, 6) is -0.332. The molecule has 0 bridgehead atoms. The van der Waals surface area contributed by atoms with E-state index >= 15 is 0 Å². The largest absolute Gasteiger partial charge is 0.206 e. The van der Waals surface area contributed by atoms with Crippen molar-refractivity contribution in [1.82, 2.24) is 0 Å². The minimum atomic E-state index is -0.193. The van der Waals surface area contributed by atoms with Crippen molar-refractivity contribution in [2.45, 2.75) is 26.7 Å². The predicted octanol–water partition coefficient (Wildman–Crippen LogP) is 4.93. The highest BCUT2D eigenvalue weighted by molar-refractivity contribution is 5.91. The average molecular weight is 244 g/mol. The molecule has 0 N–H and O–H groups in total. The quantitative estimate of drug-likeness (QED) is 0.616. The van der Waals surface area contributed by atoms with Gasteiger partial charge in [-0.15, -0.1) is 0 Å². The number of benzene rings is 2. The highest BCUT2D eigenvalue weighted by Gasteiger charge is 2.19. The summed E-state index contributed by atoms with van der Waals surface area (Å²) in [4.78, 5) is 0. The van der Waals surface area contributed by atoms with E-state index in [0.717, 1.165) is 22.9 Å². The van der Waals surface area contributed by atoms with Crippen molar-refractivity contribution in [3.8, 4) is 0 Å². The van der Waals surface area contributed by atoms with Crippen LogP contribution in [0, 0.1) is 12.7 Å². The Kier molecular flexibility index (Phi) is 2.47. The van der Waals surface area contributed by atoms with Gasteiger partial charge in [0, 0.05) is 10.9 Å². The molecule has 0 saturated carbocycles. The van der Waals surface area contributed by atoms with Gasteiger partial charge >= 0.3 is 0 Å². The van der Waals surface area contributed by atoms with Crippen molar-refractivity contribution in [2.24, 2.45) is 0 Å². The lowest BCUT2D eigenvalue weighted by molar-refractivity contribution is 0.630. The molecule has 1 aliphatic carbocycles. The van der Waals surface area contributed by atoms with Gasteiger partial charge in [0.05, 0.1) is 0 Å². The fourth-order valence-corrected chi connectivity index (χ4v) is 2.67. The third-order valence-electron chi connectivity index (χ3n) is 3.80. The van der Waals surface area contributed by atoms with Crippen LogP contribution in [-0.4, -0.2) is 0 Å². The van der Waals surface area contributed by atoms with E-state index in [1.165, 1.54) is 0 Å². The third kappa shape index (κ3) is 1.48. The van der Waals surface area contributed by atoms with Gasteiger partial charge in [-0.3, -0.25) is 0 Å². The summed E-state index contributed by atoms with van der Waals surface area (Å²) in [7, 11) is 0. The van der Waals surface area contributed by atoms with Gasteiger partial charge < -0.3 is 0 Å². The van der Waals surface area contributed by atoms with Crippen molar-refractivity contribution < 1.29 is 8.78 Å². The van der Waals surface area contributed by atoms with E-state index in [1.54, 1.807) is 25.1 Å². The van der Waals surface area contributed by atoms with Crippen LogP contribution in [0.25, 0.3) is 16.6 Å². The molecular weight excluding hydrogens is 230 g/mol. The summed E-state index contributed by atoms with van der Waals surface area (Å²) in [5.41, 5.74) is 2.99. The third-order valence-corrected chi connectivity index (χ3v) is 3.80. The molecule has 0 nitrogen and oxygen atoms in total.